The number of carboxylic acid groups (broad SMARTS) is 1. The van der Waals surface area contributed by atoms with Gasteiger partial charge in [0.05, 0.1) is 40.3 Å². The van der Waals surface area contributed by atoms with Gasteiger partial charge >= 0.3 is 11.9 Å². The lowest BCUT2D eigenvalue weighted by molar-refractivity contribution is -0.870. The third-order valence-electron chi connectivity index (χ3n) is 14.9. The summed E-state index contributed by atoms with van der Waals surface area (Å²) in [5.74, 6) is -2.35. The molecule has 0 aliphatic rings. The molecule has 0 saturated heterocycles. The van der Waals surface area contributed by atoms with E-state index < -0.39 is 24.3 Å². The first-order valence-corrected chi connectivity index (χ1v) is 37.5. The molecule has 0 aromatic heterocycles. The van der Waals surface area contributed by atoms with Gasteiger partial charge < -0.3 is 33.3 Å². The molecule has 2 unspecified atom stereocenters. The number of unbranched alkanes of at least 4 members (excludes halogenated alkanes) is 13. The van der Waals surface area contributed by atoms with Gasteiger partial charge in [0, 0.05) is 12.8 Å². The quantitative estimate of drug-likeness (QED) is 0.0195. The fraction of sp³-hybridized carbons (Fsp3) is 0.534. The molecule has 0 spiro atoms. The number of ether oxygens (including phenoxy) is 4. The van der Waals surface area contributed by atoms with Crippen molar-refractivity contribution in [2.75, 3.05) is 47.5 Å². The van der Waals surface area contributed by atoms with E-state index in [4.69, 9.17) is 18.9 Å². The molecule has 0 saturated carbocycles. The summed E-state index contributed by atoms with van der Waals surface area (Å²) in [5, 5.41) is 11.8. The smallest absolute Gasteiger partial charge is 0.306 e. The molecule has 2 atom stereocenters. The van der Waals surface area contributed by atoms with Crippen LogP contribution >= 0.6 is 0 Å². The second kappa shape index (κ2) is 75.1. The van der Waals surface area contributed by atoms with E-state index in [1.54, 1.807) is 0 Å². The van der Waals surface area contributed by atoms with Crippen molar-refractivity contribution in [1.82, 2.24) is 0 Å². The third-order valence-corrected chi connectivity index (χ3v) is 14.9. The molecule has 0 aliphatic carbocycles. The van der Waals surface area contributed by atoms with Crippen molar-refractivity contribution in [2.45, 2.75) is 257 Å². The van der Waals surface area contributed by atoms with E-state index >= 15 is 0 Å². The summed E-state index contributed by atoms with van der Waals surface area (Å²) in [6.07, 6.45) is 117. The molecule has 0 fully saturated rings. The first-order chi connectivity index (χ1) is 47.6. The van der Waals surface area contributed by atoms with Crippen molar-refractivity contribution in [3.8, 4) is 0 Å². The SMILES string of the molecule is CC/C=C\C/C=C\C/C=C\C/C=C\C/C=C\C/C=C\C/C=C\C/C=C\C/C=C\C/C=C\CCCCCCCCCCC(=O)OC(COC(=O)CCCCCCC/C=C\C/C=C\C/C=C\C/C=C\C/C=C\C/C=C\C/C=C\C/C=C\C/C=C\CC)COC(OCC[N+](C)(C)C)C(=O)[O-]. The summed E-state index contributed by atoms with van der Waals surface area (Å²) in [7, 11) is 5.90. The molecule has 97 heavy (non-hydrogen) atoms. The number of hydrogen-bond donors (Lipinski definition) is 0. The molecule has 0 heterocycles. The van der Waals surface area contributed by atoms with Crippen LogP contribution < -0.4 is 5.11 Å². The second-order valence-electron chi connectivity index (χ2n) is 25.1. The number of quaternary nitrogens is 1. The van der Waals surface area contributed by atoms with Gasteiger partial charge in [-0.1, -0.05) is 303 Å². The Morgan fingerprint density at radius 1 is 0.309 bits per heavy atom. The van der Waals surface area contributed by atoms with Crippen LogP contribution in [-0.4, -0.2) is 82.3 Å². The lowest BCUT2D eigenvalue weighted by Crippen LogP contribution is -2.44. The summed E-state index contributed by atoms with van der Waals surface area (Å²) in [6, 6.07) is 0. The molecule has 0 amide bonds. The van der Waals surface area contributed by atoms with Crippen molar-refractivity contribution in [3.05, 3.63) is 231 Å². The van der Waals surface area contributed by atoms with Crippen LogP contribution in [0.1, 0.15) is 245 Å². The topological polar surface area (TPSA) is 111 Å². The molecule has 0 aromatic rings. The van der Waals surface area contributed by atoms with Gasteiger partial charge in [0.1, 0.15) is 13.2 Å². The Labute approximate surface area is 593 Å². The van der Waals surface area contributed by atoms with Gasteiger partial charge in [0.15, 0.2) is 12.4 Å². The average molecular weight is 1340 g/mol. The van der Waals surface area contributed by atoms with Gasteiger partial charge in [-0.25, -0.2) is 0 Å². The lowest BCUT2D eigenvalue weighted by atomic mass is 10.1. The predicted molar refractivity (Wildman–Crippen MR) is 416 cm³/mol. The van der Waals surface area contributed by atoms with E-state index in [1.807, 2.05) is 21.1 Å². The number of aliphatic carboxylic acids is 1. The van der Waals surface area contributed by atoms with Gasteiger partial charge in [-0.2, -0.15) is 0 Å². The Kier molecular flexibility index (Phi) is 70.0. The number of esters is 2. The van der Waals surface area contributed by atoms with E-state index in [-0.39, 0.29) is 38.6 Å². The van der Waals surface area contributed by atoms with Crippen molar-refractivity contribution in [2.24, 2.45) is 0 Å². The zero-order valence-electron chi connectivity index (χ0n) is 61.6. The van der Waals surface area contributed by atoms with Crippen LogP contribution in [-0.2, 0) is 33.3 Å². The zero-order chi connectivity index (χ0) is 70.4. The maximum absolute atomic E-state index is 13.0. The van der Waals surface area contributed by atoms with E-state index in [9.17, 15) is 19.5 Å². The Morgan fingerprint density at radius 3 is 0.825 bits per heavy atom. The highest BCUT2D eigenvalue weighted by Crippen LogP contribution is 2.14. The number of rotatable bonds is 66. The van der Waals surface area contributed by atoms with Gasteiger partial charge in [0.25, 0.3) is 0 Å². The maximum Gasteiger partial charge on any atom is 0.306 e. The van der Waals surface area contributed by atoms with E-state index in [0.29, 0.717) is 23.9 Å². The minimum Gasteiger partial charge on any atom is -0.545 e. The van der Waals surface area contributed by atoms with Crippen LogP contribution in [0.25, 0.3) is 0 Å². The number of allylic oxidation sites excluding steroid dienone is 38. The largest absolute Gasteiger partial charge is 0.545 e. The van der Waals surface area contributed by atoms with Crippen LogP contribution in [0.3, 0.4) is 0 Å². The highest BCUT2D eigenvalue weighted by molar-refractivity contribution is 5.70. The molecule has 540 valence electrons. The van der Waals surface area contributed by atoms with Crippen LogP contribution in [0.15, 0.2) is 231 Å². The fourth-order valence-corrected chi connectivity index (χ4v) is 9.26. The van der Waals surface area contributed by atoms with Gasteiger partial charge in [0.2, 0.25) is 0 Å². The normalized spacial score (nSPS) is 14.0. The highest BCUT2D eigenvalue weighted by atomic mass is 16.7. The number of carbonyl (C=O) groups excluding carboxylic acids is 3. The Hall–Kier alpha value is -6.65. The third kappa shape index (κ3) is 76.6. The van der Waals surface area contributed by atoms with Crippen molar-refractivity contribution in [3.63, 3.8) is 0 Å². The van der Waals surface area contributed by atoms with Gasteiger partial charge in [-0.05, 0) is 161 Å². The molecular formula is C88H135NO8. The molecular weight excluding hydrogens is 1200 g/mol. The predicted octanol–water partition coefficient (Wildman–Crippen LogP) is 22.9. The van der Waals surface area contributed by atoms with Crippen molar-refractivity contribution < 1.29 is 42.9 Å². The van der Waals surface area contributed by atoms with Crippen LogP contribution in [0.2, 0.25) is 0 Å². The van der Waals surface area contributed by atoms with Crippen molar-refractivity contribution >= 4 is 17.9 Å². The highest BCUT2D eigenvalue weighted by Gasteiger charge is 2.22. The molecule has 9 nitrogen and oxygen atoms in total. The van der Waals surface area contributed by atoms with Gasteiger partial charge in [-0.15, -0.1) is 0 Å². The van der Waals surface area contributed by atoms with Crippen LogP contribution in [0, 0.1) is 0 Å². The lowest BCUT2D eigenvalue weighted by Gasteiger charge is -2.26. The molecule has 0 rings (SSSR count). The average Bonchev–Trinajstić information content (AvgIpc) is 2.39. The Balaban J connectivity index is 4.25. The maximum atomic E-state index is 13.0. The number of hydrogen-bond acceptors (Lipinski definition) is 8. The first-order valence-electron chi connectivity index (χ1n) is 37.5. The molecule has 0 bridgehead atoms. The van der Waals surface area contributed by atoms with E-state index in [1.165, 1.54) is 25.7 Å². The monoisotopic (exact) mass is 1330 g/mol. The van der Waals surface area contributed by atoms with Gasteiger partial charge in [-0.3, -0.25) is 9.59 Å². The van der Waals surface area contributed by atoms with Crippen molar-refractivity contribution in [1.29, 1.82) is 0 Å². The molecule has 0 radical (unpaired) electrons. The molecule has 0 N–H and O–H groups in total. The van der Waals surface area contributed by atoms with Crippen LogP contribution in [0.5, 0.6) is 0 Å². The summed E-state index contributed by atoms with van der Waals surface area (Å²) in [4.78, 5) is 37.6. The summed E-state index contributed by atoms with van der Waals surface area (Å²) >= 11 is 0. The summed E-state index contributed by atoms with van der Waals surface area (Å²) in [6.45, 7) is 4.45. The molecule has 0 aliphatic heterocycles. The minimum absolute atomic E-state index is 0.129. The number of nitrogens with zero attached hydrogens (tertiary/aromatic N) is 1. The fourth-order valence-electron chi connectivity index (χ4n) is 9.26. The minimum atomic E-state index is -1.65. The Morgan fingerprint density at radius 2 is 0.557 bits per heavy atom. The Bertz CT molecular complexity index is 2450. The summed E-state index contributed by atoms with van der Waals surface area (Å²) < 4.78 is 22.8. The number of likely N-dealkylation sites (N-methyl/N-ethyl adjacent to an activating group) is 1. The number of carboxylic acids is 1. The molecule has 0 aromatic carbocycles. The summed E-state index contributed by atoms with van der Waals surface area (Å²) in [5.41, 5.74) is 0. The van der Waals surface area contributed by atoms with E-state index in [0.717, 1.165) is 180 Å². The first kappa shape index (κ1) is 90.4. The zero-order valence-corrected chi connectivity index (χ0v) is 61.6. The second-order valence-corrected chi connectivity index (χ2v) is 25.1. The standard InChI is InChI=1S/C88H135NO8/c1-6-8-10-12-14-16-18-20-22-24-26-28-30-32-34-36-38-40-41-42-43-44-45-47-49-51-53-55-57-59-61-63-65-67-69-71-73-75-77-79-86(91)97-84(83-96-88(87(92)93)94-81-80-89(3,4)5)82-95-85(90)78-76-74-72-70-68-66-64-62-60-58-56-54-52-50-48-46-39-37-35-33-31-29-27-25-23-21-19-17-15-13-11-9-7-2/h8-11,14-17,20-23,26-29,32-35,38-40,42-43,45-47,50-53,56-59,62,64,84,88H,6-7,12-13,18-19,24-25,30-31,36-37,41,44,48-49,54-55,60-61,63,65-83H2,1-5H3/b10-8-,11-9-,16-14-,17-15-,22-20-,23-21-,28-26-,29-27-,34-32-,35-33-,40-38-,43-42-,46-39-,47-45-,52-50-,53-51-,58-56-,59-57-,64-62-. The number of carbonyl (C=O) groups is 3. The van der Waals surface area contributed by atoms with Crippen LogP contribution in [0.4, 0.5) is 0 Å². The molecule has 9 heteroatoms. The van der Waals surface area contributed by atoms with E-state index in [2.05, 4.69) is 245 Å².